The molecule has 0 aromatic heterocycles. The number of nitrogens with zero attached hydrogens (tertiary/aromatic N) is 1. The summed E-state index contributed by atoms with van der Waals surface area (Å²) in [5.41, 5.74) is 2.57. The zero-order valence-electron chi connectivity index (χ0n) is 18.4. The van der Waals surface area contributed by atoms with Crippen LogP contribution < -0.4 is 5.32 Å². The van der Waals surface area contributed by atoms with Gasteiger partial charge < -0.3 is 10.1 Å². The van der Waals surface area contributed by atoms with Crippen molar-refractivity contribution in [2.75, 3.05) is 11.9 Å². The predicted octanol–water partition coefficient (Wildman–Crippen LogP) is 4.27. The quantitative estimate of drug-likeness (QED) is 0.512. The van der Waals surface area contributed by atoms with Crippen LogP contribution >= 0.6 is 11.6 Å². The normalized spacial score (nSPS) is 15.9. The van der Waals surface area contributed by atoms with E-state index < -0.39 is 27.9 Å². The number of hydrogen-bond acceptors (Lipinski definition) is 5. The number of carbonyl (C=O) groups is 2. The number of fused-ring (bicyclic) bond motifs is 1. The van der Waals surface area contributed by atoms with Crippen molar-refractivity contribution in [3.05, 3.63) is 94.5 Å². The molecule has 0 saturated carbocycles. The molecule has 0 fully saturated rings. The van der Waals surface area contributed by atoms with Crippen molar-refractivity contribution in [1.29, 1.82) is 0 Å². The number of nitrogens with one attached hydrogen (secondary N) is 1. The zero-order valence-corrected chi connectivity index (χ0v) is 20.0. The lowest BCUT2D eigenvalue weighted by molar-refractivity contribution is -0.120. The van der Waals surface area contributed by atoms with Crippen LogP contribution in [-0.2, 0) is 32.5 Å². The Kier molecular flexibility index (Phi) is 7.02. The summed E-state index contributed by atoms with van der Waals surface area (Å²) in [4.78, 5) is 25.2. The molecule has 1 amide bonds. The molecule has 0 spiro atoms. The lowest BCUT2D eigenvalue weighted by Gasteiger charge is -2.35. The van der Waals surface area contributed by atoms with Crippen LogP contribution in [0.25, 0.3) is 0 Å². The number of amides is 1. The highest BCUT2D eigenvalue weighted by Crippen LogP contribution is 2.30. The van der Waals surface area contributed by atoms with E-state index in [-0.39, 0.29) is 24.5 Å². The molecule has 3 aromatic carbocycles. The third-order valence-corrected chi connectivity index (χ3v) is 7.71. The second-order valence-corrected chi connectivity index (χ2v) is 10.1. The van der Waals surface area contributed by atoms with Crippen LogP contribution in [0.5, 0.6) is 0 Å². The first-order valence-electron chi connectivity index (χ1n) is 10.7. The van der Waals surface area contributed by atoms with E-state index in [9.17, 15) is 18.0 Å². The van der Waals surface area contributed by atoms with Crippen LogP contribution in [0, 0.1) is 0 Å². The number of carbonyl (C=O) groups excluding carboxylic acids is 2. The molecule has 1 aliphatic heterocycles. The fourth-order valence-corrected chi connectivity index (χ4v) is 5.54. The molecule has 0 bridgehead atoms. The van der Waals surface area contributed by atoms with Gasteiger partial charge in [0.15, 0.2) is 0 Å². The second kappa shape index (κ2) is 9.97. The van der Waals surface area contributed by atoms with E-state index >= 15 is 0 Å². The highest BCUT2D eigenvalue weighted by Gasteiger charge is 2.39. The first kappa shape index (κ1) is 23.9. The molecule has 0 aliphatic carbocycles. The molecule has 7 nitrogen and oxygen atoms in total. The minimum absolute atomic E-state index is 0.0628. The van der Waals surface area contributed by atoms with Gasteiger partial charge in [0.25, 0.3) is 0 Å². The fourth-order valence-electron chi connectivity index (χ4n) is 3.85. The first-order valence-corrected chi connectivity index (χ1v) is 12.5. The van der Waals surface area contributed by atoms with E-state index in [2.05, 4.69) is 5.32 Å². The standard InChI is InChI=1S/C25H23ClN2O5S/c1-2-33-25(30)17-7-11-21(12-8-17)27-24(29)23-15-18-5-3-4-6-19(18)16-28(23)34(31,32)22-13-9-20(26)10-14-22/h3-14,23H,2,15-16H2,1H3,(H,27,29). The summed E-state index contributed by atoms with van der Waals surface area (Å²) in [6, 6.07) is 18.7. The number of sulfonamides is 1. The molecule has 1 N–H and O–H groups in total. The molecular formula is C25H23ClN2O5S. The molecule has 1 unspecified atom stereocenters. The molecule has 1 aliphatic rings. The van der Waals surface area contributed by atoms with E-state index in [1.54, 1.807) is 31.2 Å². The van der Waals surface area contributed by atoms with E-state index in [0.717, 1.165) is 11.1 Å². The Morgan fingerprint density at radius 3 is 2.29 bits per heavy atom. The number of halogens is 1. The average molecular weight is 499 g/mol. The Balaban J connectivity index is 1.62. The van der Waals surface area contributed by atoms with Gasteiger partial charge in [-0.3, -0.25) is 4.79 Å². The molecule has 34 heavy (non-hydrogen) atoms. The van der Waals surface area contributed by atoms with Gasteiger partial charge in [0.2, 0.25) is 15.9 Å². The van der Waals surface area contributed by atoms with Crippen molar-refractivity contribution < 1.29 is 22.7 Å². The summed E-state index contributed by atoms with van der Waals surface area (Å²) >= 11 is 5.93. The van der Waals surface area contributed by atoms with Gasteiger partial charge in [-0.2, -0.15) is 4.31 Å². The van der Waals surface area contributed by atoms with Gasteiger partial charge in [-0.05, 0) is 73.0 Å². The van der Waals surface area contributed by atoms with Crippen LogP contribution in [0.4, 0.5) is 5.69 Å². The number of anilines is 1. The summed E-state index contributed by atoms with van der Waals surface area (Å²) in [5, 5.41) is 3.20. The molecule has 0 radical (unpaired) electrons. The van der Waals surface area contributed by atoms with Crippen LogP contribution in [0.1, 0.15) is 28.4 Å². The molecule has 9 heteroatoms. The van der Waals surface area contributed by atoms with Crippen molar-refractivity contribution in [2.45, 2.75) is 30.8 Å². The van der Waals surface area contributed by atoms with Gasteiger partial charge in [-0.25, -0.2) is 13.2 Å². The predicted molar refractivity (Wildman–Crippen MR) is 129 cm³/mol. The van der Waals surface area contributed by atoms with Gasteiger partial charge in [0, 0.05) is 17.3 Å². The van der Waals surface area contributed by atoms with Crippen molar-refractivity contribution in [2.24, 2.45) is 0 Å². The summed E-state index contributed by atoms with van der Waals surface area (Å²) in [6.07, 6.45) is 0.232. The van der Waals surface area contributed by atoms with Crippen molar-refractivity contribution in [3.8, 4) is 0 Å². The topological polar surface area (TPSA) is 92.8 Å². The van der Waals surface area contributed by atoms with Crippen LogP contribution in [0.15, 0.2) is 77.7 Å². The third kappa shape index (κ3) is 4.99. The Labute approximate surface area is 203 Å². The van der Waals surface area contributed by atoms with Gasteiger partial charge in [0.1, 0.15) is 6.04 Å². The third-order valence-electron chi connectivity index (χ3n) is 5.59. The number of esters is 1. The van der Waals surface area contributed by atoms with E-state index in [0.29, 0.717) is 16.3 Å². The lowest BCUT2D eigenvalue weighted by Crippen LogP contribution is -2.50. The molecular weight excluding hydrogens is 476 g/mol. The molecule has 3 aromatic rings. The zero-order chi connectivity index (χ0) is 24.3. The second-order valence-electron chi connectivity index (χ2n) is 7.78. The molecule has 1 heterocycles. The maximum Gasteiger partial charge on any atom is 0.338 e. The van der Waals surface area contributed by atoms with Crippen LogP contribution in [0.3, 0.4) is 0 Å². The van der Waals surface area contributed by atoms with E-state index in [1.807, 2.05) is 24.3 Å². The average Bonchev–Trinajstić information content (AvgIpc) is 2.84. The molecule has 0 saturated heterocycles. The number of rotatable bonds is 6. The molecule has 4 rings (SSSR count). The molecule has 176 valence electrons. The van der Waals surface area contributed by atoms with Gasteiger partial charge in [-0.1, -0.05) is 35.9 Å². The number of benzene rings is 3. The van der Waals surface area contributed by atoms with Crippen molar-refractivity contribution in [3.63, 3.8) is 0 Å². The lowest BCUT2D eigenvalue weighted by atomic mass is 9.95. The minimum Gasteiger partial charge on any atom is -0.462 e. The van der Waals surface area contributed by atoms with Gasteiger partial charge in [0.05, 0.1) is 17.1 Å². The smallest absolute Gasteiger partial charge is 0.338 e. The maximum atomic E-state index is 13.5. The van der Waals surface area contributed by atoms with Crippen molar-refractivity contribution in [1.82, 2.24) is 4.31 Å². The Morgan fingerprint density at radius 2 is 1.65 bits per heavy atom. The van der Waals surface area contributed by atoms with Crippen molar-refractivity contribution >= 4 is 39.2 Å². The number of ether oxygens (including phenoxy) is 1. The monoisotopic (exact) mass is 498 g/mol. The SMILES string of the molecule is CCOC(=O)c1ccc(NC(=O)C2Cc3ccccc3CN2S(=O)(=O)c2ccc(Cl)cc2)cc1. The Bertz CT molecular complexity index is 1310. The van der Waals surface area contributed by atoms with E-state index in [1.165, 1.54) is 28.6 Å². The highest BCUT2D eigenvalue weighted by molar-refractivity contribution is 7.89. The Morgan fingerprint density at radius 1 is 1.00 bits per heavy atom. The largest absolute Gasteiger partial charge is 0.462 e. The fraction of sp³-hybridized carbons (Fsp3) is 0.200. The minimum atomic E-state index is -3.98. The summed E-state index contributed by atoms with van der Waals surface area (Å²) in [5.74, 6) is -0.916. The van der Waals surface area contributed by atoms with Crippen LogP contribution in [0.2, 0.25) is 5.02 Å². The van der Waals surface area contributed by atoms with Gasteiger partial charge >= 0.3 is 5.97 Å². The molecule has 1 atom stereocenters. The maximum absolute atomic E-state index is 13.5. The summed E-state index contributed by atoms with van der Waals surface area (Å²) in [7, 11) is -3.98. The van der Waals surface area contributed by atoms with Gasteiger partial charge in [-0.15, -0.1) is 0 Å². The Hall–Kier alpha value is -3.20. The summed E-state index contributed by atoms with van der Waals surface area (Å²) < 4.78 is 33.2. The number of hydrogen-bond donors (Lipinski definition) is 1. The highest BCUT2D eigenvalue weighted by atomic mass is 35.5. The summed E-state index contributed by atoms with van der Waals surface area (Å²) in [6.45, 7) is 2.05. The van der Waals surface area contributed by atoms with Crippen LogP contribution in [-0.4, -0.2) is 37.2 Å². The first-order chi connectivity index (χ1) is 16.3. The van der Waals surface area contributed by atoms with E-state index in [4.69, 9.17) is 16.3 Å².